The summed E-state index contributed by atoms with van der Waals surface area (Å²) in [5, 5.41) is 10.1. The number of carbonyl (C=O) groups is 1. The second kappa shape index (κ2) is 7.61. The largest absolute Gasteiger partial charge is 0.446 e. The number of amides is 1. The number of hydrogen-bond donors (Lipinski definition) is 0. The van der Waals surface area contributed by atoms with Crippen LogP contribution >= 0.6 is 27.3 Å². The maximum Gasteiger partial charge on any atom is 0.410 e. The Morgan fingerprint density at radius 2 is 2.12 bits per heavy atom. The van der Waals surface area contributed by atoms with Crippen molar-refractivity contribution in [2.75, 3.05) is 6.54 Å². The van der Waals surface area contributed by atoms with Crippen molar-refractivity contribution in [2.45, 2.75) is 45.3 Å². The van der Waals surface area contributed by atoms with Crippen LogP contribution in [0.3, 0.4) is 0 Å². The molecule has 1 aliphatic heterocycles. The number of aromatic nitrogens is 2. The molecule has 0 aliphatic carbocycles. The molecule has 0 radical (unpaired) electrons. The van der Waals surface area contributed by atoms with Gasteiger partial charge in [-0.3, -0.25) is 0 Å². The first-order chi connectivity index (χ1) is 11.5. The molecule has 1 aromatic carbocycles. The monoisotopic (exact) mass is 409 g/mol. The van der Waals surface area contributed by atoms with Crippen molar-refractivity contribution in [1.29, 1.82) is 0 Å². The summed E-state index contributed by atoms with van der Waals surface area (Å²) >= 11 is 5.04. The van der Waals surface area contributed by atoms with E-state index in [0.717, 1.165) is 45.9 Å². The highest BCUT2D eigenvalue weighted by Gasteiger charge is 2.30. The van der Waals surface area contributed by atoms with Crippen LogP contribution in [0.1, 0.15) is 41.4 Å². The van der Waals surface area contributed by atoms with Gasteiger partial charge in [0.15, 0.2) is 0 Å². The summed E-state index contributed by atoms with van der Waals surface area (Å²) in [5.74, 6) is 0. The van der Waals surface area contributed by atoms with Crippen molar-refractivity contribution >= 4 is 33.4 Å². The average Bonchev–Trinajstić information content (AvgIpc) is 2.99. The molecule has 1 aliphatic rings. The molecule has 2 aromatic rings. The van der Waals surface area contributed by atoms with Crippen LogP contribution in [0.5, 0.6) is 0 Å². The summed E-state index contributed by atoms with van der Waals surface area (Å²) < 4.78 is 6.66. The molecular formula is C17H20BrN3O2S. The predicted molar refractivity (Wildman–Crippen MR) is 97.1 cm³/mol. The number of nitrogens with zero attached hydrogens (tertiary/aromatic N) is 3. The van der Waals surface area contributed by atoms with Gasteiger partial charge in [0, 0.05) is 23.9 Å². The second-order valence-electron chi connectivity index (χ2n) is 5.97. The number of halogens is 1. The minimum absolute atomic E-state index is 0.0114. The van der Waals surface area contributed by atoms with Crippen LogP contribution in [0.25, 0.3) is 0 Å². The summed E-state index contributed by atoms with van der Waals surface area (Å²) in [6, 6.07) is 8.07. The normalized spacial score (nSPS) is 19.2. The number of aryl methyl sites for hydroxylation is 2. The molecule has 3 rings (SSSR count). The van der Waals surface area contributed by atoms with E-state index in [-0.39, 0.29) is 18.2 Å². The van der Waals surface area contributed by atoms with E-state index in [4.69, 9.17) is 4.74 Å². The third-order valence-corrected chi connectivity index (χ3v) is 5.69. The van der Waals surface area contributed by atoms with Gasteiger partial charge in [0.2, 0.25) is 0 Å². The van der Waals surface area contributed by atoms with Crippen LogP contribution in [0.2, 0.25) is 0 Å². The van der Waals surface area contributed by atoms with Gasteiger partial charge in [0.05, 0.1) is 6.04 Å². The van der Waals surface area contributed by atoms with Gasteiger partial charge in [-0.1, -0.05) is 28.1 Å². The lowest BCUT2D eigenvalue weighted by molar-refractivity contribution is 0.0101. The van der Waals surface area contributed by atoms with Gasteiger partial charge in [0.1, 0.15) is 16.1 Å². The molecule has 1 fully saturated rings. The van der Waals surface area contributed by atoms with Gasteiger partial charge < -0.3 is 9.64 Å². The Labute approximate surface area is 154 Å². The van der Waals surface area contributed by atoms with E-state index in [1.54, 1.807) is 16.2 Å². The van der Waals surface area contributed by atoms with Crippen LogP contribution in [-0.2, 0) is 11.2 Å². The fourth-order valence-corrected chi connectivity index (χ4v) is 3.83. The van der Waals surface area contributed by atoms with Gasteiger partial charge in [0.25, 0.3) is 0 Å². The highest BCUT2D eigenvalue weighted by molar-refractivity contribution is 9.10. The number of ether oxygens (including phenoxy) is 1. The molecular weight excluding hydrogens is 390 g/mol. The summed E-state index contributed by atoms with van der Waals surface area (Å²) in [6.45, 7) is 4.70. The van der Waals surface area contributed by atoms with Gasteiger partial charge in [-0.2, -0.15) is 0 Å². The first-order valence-electron chi connectivity index (χ1n) is 8.04. The zero-order valence-corrected chi connectivity index (χ0v) is 16.1. The third kappa shape index (κ3) is 4.13. The van der Waals surface area contributed by atoms with Crippen LogP contribution in [-0.4, -0.2) is 33.8 Å². The Hall–Kier alpha value is -1.47. The van der Waals surface area contributed by atoms with E-state index in [2.05, 4.69) is 26.1 Å². The minimum Gasteiger partial charge on any atom is -0.446 e. The first kappa shape index (κ1) is 17.4. The molecule has 1 amide bonds. The maximum atomic E-state index is 12.4. The third-order valence-electron chi connectivity index (χ3n) is 4.26. The Balaban J connectivity index is 1.54. The van der Waals surface area contributed by atoms with Crippen molar-refractivity contribution in [3.8, 4) is 0 Å². The maximum absolute atomic E-state index is 12.4. The average molecular weight is 410 g/mol. The van der Waals surface area contributed by atoms with E-state index in [9.17, 15) is 4.79 Å². The Morgan fingerprint density at radius 1 is 1.38 bits per heavy atom. The molecule has 2 atom stereocenters. The van der Waals surface area contributed by atoms with Crippen LogP contribution in [0.15, 0.2) is 28.7 Å². The molecule has 0 spiro atoms. The Bertz CT molecular complexity index is 704. The lowest BCUT2D eigenvalue weighted by atomic mass is 10.0. The summed E-state index contributed by atoms with van der Waals surface area (Å²) in [6.07, 6.45) is 2.21. The molecule has 0 saturated carbocycles. The molecule has 24 heavy (non-hydrogen) atoms. The standard InChI is InChI=1S/C17H20BrN3O2S/c1-11(13-3-5-14(18)6-4-13)21-10-9-15(23-17(21)22)7-8-16-20-19-12(2)24-16/h3-6,11,15H,7-10H2,1-2H3. The van der Waals surface area contributed by atoms with Gasteiger partial charge in [-0.15, -0.1) is 21.5 Å². The van der Waals surface area contributed by atoms with Crippen molar-refractivity contribution in [2.24, 2.45) is 0 Å². The van der Waals surface area contributed by atoms with Crippen molar-refractivity contribution in [3.63, 3.8) is 0 Å². The van der Waals surface area contributed by atoms with E-state index in [1.807, 2.05) is 38.1 Å². The molecule has 0 N–H and O–H groups in total. The van der Waals surface area contributed by atoms with E-state index in [0.29, 0.717) is 0 Å². The zero-order valence-electron chi connectivity index (χ0n) is 13.7. The Kier molecular flexibility index (Phi) is 5.50. The van der Waals surface area contributed by atoms with E-state index >= 15 is 0 Å². The molecule has 7 heteroatoms. The molecule has 5 nitrogen and oxygen atoms in total. The fourth-order valence-electron chi connectivity index (χ4n) is 2.84. The van der Waals surface area contributed by atoms with Crippen molar-refractivity contribution in [3.05, 3.63) is 44.3 Å². The molecule has 2 heterocycles. The smallest absolute Gasteiger partial charge is 0.410 e. The van der Waals surface area contributed by atoms with E-state index in [1.165, 1.54) is 0 Å². The van der Waals surface area contributed by atoms with Crippen molar-refractivity contribution in [1.82, 2.24) is 15.1 Å². The number of cyclic esters (lactones) is 1. The topological polar surface area (TPSA) is 55.3 Å². The highest BCUT2D eigenvalue weighted by atomic mass is 79.9. The van der Waals surface area contributed by atoms with Crippen molar-refractivity contribution < 1.29 is 9.53 Å². The number of hydrogen-bond acceptors (Lipinski definition) is 5. The number of benzene rings is 1. The van der Waals surface area contributed by atoms with Crippen LogP contribution in [0.4, 0.5) is 4.79 Å². The SMILES string of the molecule is Cc1nnc(CCC2CCN(C(C)c3ccc(Br)cc3)C(=O)O2)s1. The van der Waals surface area contributed by atoms with Gasteiger partial charge >= 0.3 is 6.09 Å². The second-order valence-corrected chi connectivity index (χ2v) is 8.15. The summed E-state index contributed by atoms with van der Waals surface area (Å²) in [7, 11) is 0. The quantitative estimate of drug-likeness (QED) is 0.728. The summed E-state index contributed by atoms with van der Waals surface area (Å²) in [5.41, 5.74) is 1.11. The molecule has 1 saturated heterocycles. The molecule has 1 aromatic heterocycles. The number of carbonyl (C=O) groups excluding carboxylic acids is 1. The zero-order chi connectivity index (χ0) is 17.1. The lowest BCUT2D eigenvalue weighted by Crippen LogP contribution is -2.43. The van der Waals surface area contributed by atoms with E-state index < -0.39 is 0 Å². The summed E-state index contributed by atoms with van der Waals surface area (Å²) in [4.78, 5) is 14.2. The molecule has 128 valence electrons. The number of rotatable bonds is 5. The lowest BCUT2D eigenvalue weighted by Gasteiger charge is -2.35. The van der Waals surface area contributed by atoms with Gasteiger partial charge in [-0.25, -0.2) is 4.79 Å². The fraction of sp³-hybridized carbons (Fsp3) is 0.471. The minimum atomic E-state index is -0.227. The Morgan fingerprint density at radius 3 is 2.75 bits per heavy atom. The molecule has 0 bridgehead atoms. The highest BCUT2D eigenvalue weighted by Crippen LogP contribution is 2.27. The first-order valence-corrected chi connectivity index (χ1v) is 9.65. The van der Waals surface area contributed by atoms with Crippen LogP contribution in [0, 0.1) is 6.92 Å². The molecule has 2 unspecified atom stereocenters. The van der Waals surface area contributed by atoms with Gasteiger partial charge in [-0.05, 0) is 38.0 Å². The van der Waals surface area contributed by atoms with Crippen LogP contribution < -0.4 is 0 Å². The predicted octanol–water partition coefficient (Wildman–Crippen LogP) is 4.51.